The number of halogens is 2. The molecule has 0 aliphatic rings. The number of alkyl halides is 2. The summed E-state index contributed by atoms with van der Waals surface area (Å²) in [6, 6.07) is 12.0. The molecule has 0 fully saturated rings. The number of ether oxygens (including phenoxy) is 2. The van der Waals surface area contributed by atoms with E-state index in [4.69, 9.17) is 0 Å². The van der Waals surface area contributed by atoms with E-state index in [2.05, 4.69) is 20.1 Å². The number of anilines is 2. The zero-order chi connectivity index (χ0) is 18.2. The molecule has 0 atom stereocenters. The van der Waals surface area contributed by atoms with E-state index in [1.54, 1.807) is 24.3 Å². The zero-order valence-electron chi connectivity index (χ0n) is 13.3. The van der Waals surface area contributed by atoms with Gasteiger partial charge in [-0.3, -0.25) is 4.79 Å². The standard InChI is InChI=1S/C17H16F2N2O4/c1-24-16(23)11-2-4-12(5-3-11)20-10-15(22)21-13-6-8-14(9-7-13)25-17(18)19/h2-9,17,20H,10H2,1H3,(H,21,22). The summed E-state index contributed by atoms with van der Waals surface area (Å²) in [5.74, 6) is -0.750. The minimum atomic E-state index is -2.89. The molecule has 0 spiro atoms. The number of methoxy groups -OCH3 is 1. The maximum atomic E-state index is 12.1. The molecule has 2 aromatic carbocycles. The number of benzene rings is 2. The Balaban J connectivity index is 1.83. The largest absolute Gasteiger partial charge is 0.465 e. The number of esters is 1. The van der Waals surface area contributed by atoms with Crippen LogP contribution in [0.1, 0.15) is 10.4 Å². The van der Waals surface area contributed by atoms with Crippen LogP contribution in [0.15, 0.2) is 48.5 Å². The Morgan fingerprint density at radius 2 is 1.60 bits per heavy atom. The van der Waals surface area contributed by atoms with Gasteiger partial charge in [0.25, 0.3) is 0 Å². The van der Waals surface area contributed by atoms with Crippen molar-refractivity contribution in [1.82, 2.24) is 0 Å². The van der Waals surface area contributed by atoms with Crippen LogP contribution in [0.4, 0.5) is 20.2 Å². The quantitative estimate of drug-likeness (QED) is 0.751. The zero-order valence-corrected chi connectivity index (χ0v) is 13.3. The van der Waals surface area contributed by atoms with E-state index in [0.29, 0.717) is 16.9 Å². The smallest absolute Gasteiger partial charge is 0.387 e. The first-order valence-corrected chi connectivity index (χ1v) is 7.25. The van der Waals surface area contributed by atoms with E-state index < -0.39 is 12.6 Å². The predicted octanol–water partition coefficient (Wildman–Crippen LogP) is 3.13. The molecule has 0 saturated carbocycles. The van der Waals surface area contributed by atoms with E-state index in [9.17, 15) is 18.4 Å². The summed E-state index contributed by atoms with van der Waals surface area (Å²) in [6.45, 7) is -2.90. The van der Waals surface area contributed by atoms with Crippen LogP contribution in [0.2, 0.25) is 0 Å². The van der Waals surface area contributed by atoms with Crippen LogP contribution < -0.4 is 15.4 Å². The molecule has 8 heteroatoms. The van der Waals surface area contributed by atoms with Crippen molar-refractivity contribution in [3.05, 3.63) is 54.1 Å². The Morgan fingerprint density at radius 1 is 1.00 bits per heavy atom. The van der Waals surface area contributed by atoms with Gasteiger partial charge < -0.3 is 20.1 Å². The third-order valence-electron chi connectivity index (χ3n) is 3.12. The molecule has 2 N–H and O–H groups in total. The lowest BCUT2D eigenvalue weighted by atomic mass is 10.2. The maximum absolute atomic E-state index is 12.1. The summed E-state index contributed by atoms with van der Waals surface area (Å²) in [5, 5.41) is 5.51. The van der Waals surface area contributed by atoms with Gasteiger partial charge in [-0.25, -0.2) is 4.79 Å². The van der Waals surface area contributed by atoms with Gasteiger partial charge in [0.05, 0.1) is 19.2 Å². The van der Waals surface area contributed by atoms with Crippen molar-refractivity contribution in [3.8, 4) is 5.75 Å². The summed E-state index contributed by atoms with van der Waals surface area (Å²) < 4.78 is 32.9. The van der Waals surface area contributed by atoms with Crippen LogP contribution in [0.5, 0.6) is 5.75 Å². The van der Waals surface area contributed by atoms with Crippen molar-refractivity contribution < 1.29 is 27.8 Å². The van der Waals surface area contributed by atoms with Crippen LogP contribution in [-0.2, 0) is 9.53 Å². The second-order valence-corrected chi connectivity index (χ2v) is 4.87. The molecule has 2 rings (SSSR count). The highest BCUT2D eigenvalue weighted by Crippen LogP contribution is 2.17. The van der Waals surface area contributed by atoms with Crippen molar-refractivity contribution in [1.29, 1.82) is 0 Å². The third-order valence-corrected chi connectivity index (χ3v) is 3.12. The third kappa shape index (κ3) is 5.76. The first-order chi connectivity index (χ1) is 12.0. The number of rotatable bonds is 7. The molecule has 0 bridgehead atoms. The van der Waals surface area contributed by atoms with Gasteiger partial charge >= 0.3 is 12.6 Å². The van der Waals surface area contributed by atoms with Crippen molar-refractivity contribution in [3.63, 3.8) is 0 Å². The van der Waals surface area contributed by atoms with Crippen molar-refractivity contribution in [2.24, 2.45) is 0 Å². The van der Waals surface area contributed by atoms with Crippen molar-refractivity contribution >= 4 is 23.3 Å². The molecule has 0 aromatic heterocycles. The van der Waals surface area contributed by atoms with E-state index in [1.165, 1.54) is 31.4 Å². The van der Waals surface area contributed by atoms with Gasteiger partial charge in [-0.15, -0.1) is 0 Å². The van der Waals surface area contributed by atoms with Gasteiger partial charge in [-0.05, 0) is 48.5 Å². The Morgan fingerprint density at radius 3 is 2.16 bits per heavy atom. The Kier molecular flexibility index (Phi) is 6.27. The molecule has 0 heterocycles. The Hall–Kier alpha value is -3.16. The molecule has 132 valence electrons. The summed E-state index contributed by atoms with van der Waals surface area (Å²) >= 11 is 0. The van der Waals surface area contributed by atoms with E-state index in [1.807, 2.05) is 0 Å². The van der Waals surface area contributed by atoms with Gasteiger partial charge in [-0.2, -0.15) is 8.78 Å². The molecule has 6 nitrogen and oxygen atoms in total. The number of hydrogen-bond acceptors (Lipinski definition) is 5. The van der Waals surface area contributed by atoms with E-state index in [-0.39, 0.29) is 18.2 Å². The molecule has 1 amide bonds. The van der Waals surface area contributed by atoms with Crippen molar-refractivity contribution in [2.75, 3.05) is 24.3 Å². The summed E-state index contributed by atoms with van der Waals surface area (Å²) in [4.78, 5) is 23.2. The first-order valence-electron chi connectivity index (χ1n) is 7.25. The average Bonchev–Trinajstić information content (AvgIpc) is 2.61. The Bertz CT molecular complexity index is 718. The monoisotopic (exact) mass is 350 g/mol. The molecular weight excluding hydrogens is 334 g/mol. The number of hydrogen-bond donors (Lipinski definition) is 2. The summed E-state index contributed by atoms with van der Waals surface area (Å²) in [7, 11) is 1.30. The van der Waals surface area contributed by atoms with Gasteiger partial charge in [-0.1, -0.05) is 0 Å². The van der Waals surface area contributed by atoms with Crippen LogP contribution >= 0.6 is 0 Å². The predicted molar refractivity (Wildman–Crippen MR) is 88.0 cm³/mol. The van der Waals surface area contributed by atoms with E-state index in [0.717, 1.165) is 0 Å². The Labute approximate surface area is 142 Å². The average molecular weight is 350 g/mol. The van der Waals surface area contributed by atoms with Gasteiger partial charge in [0.2, 0.25) is 5.91 Å². The van der Waals surface area contributed by atoms with Gasteiger partial charge in [0.1, 0.15) is 5.75 Å². The van der Waals surface area contributed by atoms with Gasteiger partial charge in [0.15, 0.2) is 0 Å². The topological polar surface area (TPSA) is 76.7 Å². The minimum absolute atomic E-state index is 0.00709. The molecule has 25 heavy (non-hydrogen) atoms. The SMILES string of the molecule is COC(=O)c1ccc(NCC(=O)Nc2ccc(OC(F)F)cc2)cc1. The summed E-state index contributed by atoms with van der Waals surface area (Å²) in [5.41, 5.74) is 1.52. The number of amides is 1. The fourth-order valence-electron chi connectivity index (χ4n) is 1.95. The fourth-order valence-corrected chi connectivity index (χ4v) is 1.95. The lowest BCUT2D eigenvalue weighted by Crippen LogP contribution is -2.21. The molecule has 0 aliphatic heterocycles. The molecule has 0 radical (unpaired) electrons. The second kappa shape index (κ2) is 8.62. The number of carbonyl (C=O) groups excluding carboxylic acids is 2. The minimum Gasteiger partial charge on any atom is -0.465 e. The van der Waals surface area contributed by atoms with Crippen molar-refractivity contribution in [2.45, 2.75) is 6.61 Å². The number of nitrogens with one attached hydrogen (secondary N) is 2. The normalized spacial score (nSPS) is 10.2. The molecular formula is C17H16F2N2O4. The van der Waals surface area contributed by atoms with Crippen LogP contribution in [0.25, 0.3) is 0 Å². The molecule has 2 aromatic rings. The summed E-state index contributed by atoms with van der Waals surface area (Å²) in [6.07, 6.45) is 0. The van der Waals surface area contributed by atoms with Gasteiger partial charge in [0, 0.05) is 11.4 Å². The molecule has 0 aliphatic carbocycles. The lowest BCUT2D eigenvalue weighted by molar-refractivity contribution is -0.114. The fraction of sp³-hybridized carbons (Fsp3) is 0.176. The van der Waals surface area contributed by atoms with Crippen LogP contribution in [0, 0.1) is 0 Å². The lowest BCUT2D eigenvalue weighted by Gasteiger charge is -2.09. The van der Waals surface area contributed by atoms with Crippen LogP contribution in [0.3, 0.4) is 0 Å². The van der Waals surface area contributed by atoms with E-state index >= 15 is 0 Å². The second-order valence-electron chi connectivity index (χ2n) is 4.87. The first kappa shape index (κ1) is 18.2. The van der Waals surface area contributed by atoms with Crippen LogP contribution in [-0.4, -0.2) is 32.1 Å². The molecule has 0 saturated heterocycles. The highest BCUT2D eigenvalue weighted by Gasteiger charge is 2.07. The highest BCUT2D eigenvalue weighted by atomic mass is 19.3. The number of carbonyl (C=O) groups is 2. The highest BCUT2D eigenvalue weighted by molar-refractivity contribution is 5.94. The maximum Gasteiger partial charge on any atom is 0.387 e. The molecule has 0 unspecified atom stereocenters.